The maximum Gasteiger partial charge on any atom is 0.253 e. The summed E-state index contributed by atoms with van der Waals surface area (Å²) < 4.78 is 3.76. The third kappa shape index (κ3) is 2.61. The third-order valence-electron chi connectivity index (χ3n) is 3.93. The van der Waals surface area contributed by atoms with Gasteiger partial charge < -0.3 is 9.72 Å². The lowest BCUT2D eigenvalue weighted by atomic mass is 10.2. The SMILES string of the molecule is Cn1ccc(-c2cc(C(=O)NCc3ccsc3)c3ccccn23)n1. The number of amides is 1. The number of thiophene rings is 1. The van der Waals surface area contributed by atoms with Crippen molar-refractivity contribution >= 4 is 22.8 Å². The number of aromatic nitrogens is 3. The Balaban J connectivity index is 1.71. The molecular formula is C18H16N4OS. The van der Waals surface area contributed by atoms with Crippen molar-refractivity contribution < 1.29 is 4.79 Å². The molecular weight excluding hydrogens is 320 g/mol. The van der Waals surface area contributed by atoms with Crippen LogP contribution in [0.5, 0.6) is 0 Å². The maximum absolute atomic E-state index is 12.7. The zero-order valence-corrected chi connectivity index (χ0v) is 14.0. The number of carbonyl (C=O) groups is 1. The lowest BCUT2D eigenvalue weighted by Gasteiger charge is -2.03. The summed E-state index contributed by atoms with van der Waals surface area (Å²) in [6.07, 6.45) is 3.85. The summed E-state index contributed by atoms with van der Waals surface area (Å²) in [6, 6.07) is 11.7. The lowest BCUT2D eigenvalue weighted by molar-refractivity contribution is 0.0952. The number of pyridine rings is 1. The number of fused-ring (bicyclic) bond motifs is 1. The molecule has 24 heavy (non-hydrogen) atoms. The Morgan fingerprint density at radius 1 is 1.25 bits per heavy atom. The first-order chi connectivity index (χ1) is 11.7. The van der Waals surface area contributed by atoms with E-state index in [1.54, 1.807) is 16.0 Å². The Morgan fingerprint density at radius 3 is 2.92 bits per heavy atom. The molecule has 0 bridgehead atoms. The Labute approximate surface area is 143 Å². The van der Waals surface area contributed by atoms with Crippen LogP contribution in [0, 0.1) is 0 Å². The molecule has 0 aliphatic carbocycles. The molecule has 4 aromatic heterocycles. The van der Waals surface area contributed by atoms with Gasteiger partial charge in [-0.3, -0.25) is 9.48 Å². The number of hydrogen-bond donors (Lipinski definition) is 1. The van der Waals surface area contributed by atoms with E-state index in [0.717, 1.165) is 22.5 Å². The second-order valence-electron chi connectivity index (χ2n) is 5.59. The number of carbonyl (C=O) groups excluding carboxylic acids is 1. The molecule has 5 nitrogen and oxygen atoms in total. The molecule has 1 N–H and O–H groups in total. The van der Waals surface area contributed by atoms with Crippen LogP contribution >= 0.6 is 11.3 Å². The number of nitrogens with one attached hydrogen (secondary N) is 1. The van der Waals surface area contributed by atoms with Crippen molar-refractivity contribution in [3.8, 4) is 11.4 Å². The highest BCUT2D eigenvalue weighted by molar-refractivity contribution is 7.07. The Bertz CT molecular complexity index is 997. The highest BCUT2D eigenvalue weighted by Gasteiger charge is 2.17. The topological polar surface area (TPSA) is 51.3 Å². The summed E-state index contributed by atoms with van der Waals surface area (Å²) in [5, 5.41) is 11.5. The Hall–Kier alpha value is -2.86. The van der Waals surface area contributed by atoms with Gasteiger partial charge in [0.15, 0.2) is 0 Å². The van der Waals surface area contributed by atoms with Gasteiger partial charge >= 0.3 is 0 Å². The average Bonchev–Trinajstić information content (AvgIpc) is 3.32. The monoisotopic (exact) mass is 336 g/mol. The number of hydrogen-bond acceptors (Lipinski definition) is 3. The molecule has 4 rings (SSSR count). The standard InChI is InChI=1S/C18H16N4OS/c1-21-8-5-15(20-21)17-10-14(16-4-2-3-7-22(16)17)18(23)19-11-13-6-9-24-12-13/h2-10,12H,11H2,1H3,(H,19,23). The minimum Gasteiger partial charge on any atom is -0.348 e. The quantitative estimate of drug-likeness (QED) is 0.621. The zero-order chi connectivity index (χ0) is 16.5. The van der Waals surface area contributed by atoms with Crippen LogP contribution in [0.1, 0.15) is 15.9 Å². The summed E-state index contributed by atoms with van der Waals surface area (Å²) in [6.45, 7) is 0.533. The highest BCUT2D eigenvalue weighted by atomic mass is 32.1. The Kier molecular flexibility index (Phi) is 3.66. The summed E-state index contributed by atoms with van der Waals surface area (Å²) >= 11 is 1.63. The summed E-state index contributed by atoms with van der Waals surface area (Å²) in [5.41, 5.74) is 4.40. The maximum atomic E-state index is 12.7. The molecule has 0 atom stereocenters. The largest absolute Gasteiger partial charge is 0.348 e. The van der Waals surface area contributed by atoms with E-state index in [1.165, 1.54) is 0 Å². The number of nitrogens with zero attached hydrogens (tertiary/aromatic N) is 3. The van der Waals surface area contributed by atoms with E-state index in [-0.39, 0.29) is 5.91 Å². The molecule has 0 saturated heterocycles. The molecule has 0 spiro atoms. The normalized spacial score (nSPS) is 11.0. The van der Waals surface area contributed by atoms with Crippen LogP contribution in [0.15, 0.2) is 59.6 Å². The first-order valence-corrected chi connectivity index (χ1v) is 8.56. The second-order valence-corrected chi connectivity index (χ2v) is 6.37. The summed E-state index contributed by atoms with van der Waals surface area (Å²) in [4.78, 5) is 12.7. The van der Waals surface area contributed by atoms with Gasteiger partial charge in [0.1, 0.15) is 5.69 Å². The summed E-state index contributed by atoms with van der Waals surface area (Å²) in [7, 11) is 1.88. The summed E-state index contributed by atoms with van der Waals surface area (Å²) in [5.74, 6) is -0.0768. The van der Waals surface area contributed by atoms with Gasteiger partial charge in [0, 0.05) is 26.0 Å². The van der Waals surface area contributed by atoms with Crippen molar-refractivity contribution in [2.75, 3.05) is 0 Å². The van der Waals surface area contributed by atoms with Crippen LogP contribution in [0.4, 0.5) is 0 Å². The van der Waals surface area contributed by atoms with E-state index in [0.29, 0.717) is 12.1 Å². The molecule has 0 radical (unpaired) electrons. The van der Waals surface area contributed by atoms with Crippen LogP contribution in [-0.4, -0.2) is 20.1 Å². The van der Waals surface area contributed by atoms with E-state index >= 15 is 0 Å². The molecule has 0 unspecified atom stereocenters. The van der Waals surface area contributed by atoms with Gasteiger partial charge in [0.25, 0.3) is 5.91 Å². The van der Waals surface area contributed by atoms with E-state index in [1.807, 2.05) is 71.0 Å². The molecule has 0 aromatic carbocycles. The third-order valence-corrected chi connectivity index (χ3v) is 4.66. The molecule has 4 aromatic rings. The smallest absolute Gasteiger partial charge is 0.253 e. The fourth-order valence-electron chi connectivity index (χ4n) is 2.75. The second kappa shape index (κ2) is 5.98. The molecule has 120 valence electrons. The van der Waals surface area contributed by atoms with Gasteiger partial charge in [-0.05, 0) is 46.7 Å². The molecule has 0 fully saturated rings. The van der Waals surface area contributed by atoms with Crippen LogP contribution in [0.25, 0.3) is 16.9 Å². The van der Waals surface area contributed by atoms with Gasteiger partial charge in [0.05, 0.1) is 16.8 Å². The first kappa shape index (κ1) is 14.7. The first-order valence-electron chi connectivity index (χ1n) is 7.62. The zero-order valence-electron chi connectivity index (χ0n) is 13.1. The van der Waals surface area contributed by atoms with Gasteiger partial charge in [-0.2, -0.15) is 16.4 Å². The minimum absolute atomic E-state index is 0.0768. The van der Waals surface area contributed by atoms with Gasteiger partial charge in [-0.1, -0.05) is 6.07 Å². The van der Waals surface area contributed by atoms with Gasteiger partial charge in [-0.15, -0.1) is 0 Å². The van der Waals surface area contributed by atoms with E-state index < -0.39 is 0 Å². The van der Waals surface area contributed by atoms with Crippen molar-refractivity contribution in [2.24, 2.45) is 7.05 Å². The fraction of sp³-hybridized carbons (Fsp3) is 0.111. The van der Waals surface area contributed by atoms with Crippen LogP contribution in [-0.2, 0) is 13.6 Å². The van der Waals surface area contributed by atoms with E-state index in [9.17, 15) is 4.79 Å². The molecule has 4 heterocycles. The van der Waals surface area contributed by atoms with E-state index in [4.69, 9.17) is 0 Å². The molecule has 0 saturated carbocycles. The number of aryl methyl sites for hydroxylation is 1. The van der Waals surface area contributed by atoms with Crippen molar-refractivity contribution in [3.63, 3.8) is 0 Å². The van der Waals surface area contributed by atoms with Crippen LogP contribution < -0.4 is 5.32 Å². The Morgan fingerprint density at radius 2 is 2.17 bits per heavy atom. The lowest BCUT2D eigenvalue weighted by Crippen LogP contribution is -2.22. The van der Waals surface area contributed by atoms with Gasteiger partial charge in [0.2, 0.25) is 0 Å². The van der Waals surface area contributed by atoms with Crippen LogP contribution in [0.2, 0.25) is 0 Å². The van der Waals surface area contributed by atoms with Crippen molar-refractivity contribution in [1.82, 2.24) is 19.5 Å². The molecule has 0 aliphatic rings. The van der Waals surface area contributed by atoms with Crippen molar-refractivity contribution in [3.05, 3.63) is 70.7 Å². The highest BCUT2D eigenvalue weighted by Crippen LogP contribution is 2.25. The number of rotatable bonds is 4. The predicted molar refractivity (Wildman–Crippen MR) is 95.1 cm³/mol. The molecule has 6 heteroatoms. The van der Waals surface area contributed by atoms with Crippen molar-refractivity contribution in [2.45, 2.75) is 6.54 Å². The average molecular weight is 336 g/mol. The van der Waals surface area contributed by atoms with Gasteiger partial charge in [-0.25, -0.2) is 0 Å². The minimum atomic E-state index is -0.0768. The fourth-order valence-corrected chi connectivity index (χ4v) is 3.42. The molecule has 0 aliphatic heterocycles. The van der Waals surface area contributed by atoms with Crippen LogP contribution in [0.3, 0.4) is 0 Å². The predicted octanol–water partition coefficient (Wildman–Crippen LogP) is 3.33. The van der Waals surface area contributed by atoms with Crippen molar-refractivity contribution in [1.29, 1.82) is 0 Å². The van der Waals surface area contributed by atoms with E-state index in [2.05, 4.69) is 10.4 Å². The molecule has 1 amide bonds.